The predicted octanol–water partition coefficient (Wildman–Crippen LogP) is 5.05. The van der Waals surface area contributed by atoms with Gasteiger partial charge in [0.05, 0.1) is 15.5 Å². The van der Waals surface area contributed by atoms with Gasteiger partial charge in [-0.1, -0.05) is 48.9 Å². The number of carbonyl (C=O) groups is 1. The third-order valence-electron chi connectivity index (χ3n) is 4.71. The van der Waals surface area contributed by atoms with Crippen molar-refractivity contribution in [3.63, 3.8) is 0 Å². The Kier molecular flexibility index (Phi) is 3.96. The molecule has 0 radical (unpaired) electrons. The highest BCUT2D eigenvalue weighted by Crippen LogP contribution is 2.49. The van der Waals surface area contributed by atoms with Crippen molar-refractivity contribution >= 4 is 29.0 Å². The van der Waals surface area contributed by atoms with Gasteiger partial charge in [0.1, 0.15) is 17.6 Å². The van der Waals surface area contributed by atoms with Crippen LogP contribution in [0, 0.1) is 5.41 Å². The summed E-state index contributed by atoms with van der Waals surface area (Å²) in [5, 5.41) is 1.01. The topological polar surface area (TPSA) is 26.3 Å². The highest BCUT2D eigenvalue weighted by Gasteiger charge is 2.55. The van der Waals surface area contributed by atoms with Gasteiger partial charge >= 0.3 is 0 Å². The fraction of sp³-hybridized carbons (Fsp3) is 0.562. The summed E-state index contributed by atoms with van der Waals surface area (Å²) in [6.07, 6.45) is 7.20. The lowest BCUT2D eigenvalue weighted by Crippen LogP contribution is -2.56. The van der Waals surface area contributed by atoms with Crippen molar-refractivity contribution in [2.24, 2.45) is 5.41 Å². The second kappa shape index (κ2) is 5.57. The van der Waals surface area contributed by atoms with Crippen LogP contribution in [0.3, 0.4) is 0 Å². The van der Waals surface area contributed by atoms with Crippen molar-refractivity contribution in [3.05, 3.63) is 28.2 Å². The molecule has 0 heterocycles. The van der Waals surface area contributed by atoms with E-state index in [1.54, 1.807) is 12.1 Å². The lowest BCUT2D eigenvalue weighted by Gasteiger charge is -2.47. The number of hydrogen-bond acceptors (Lipinski definition) is 2. The average molecular weight is 313 g/mol. The van der Waals surface area contributed by atoms with E-state index in [2.05, 4.69) is 0 Å². The van der Waals surface area contributed by atoms with E-state index in [1.807, 2.05) is 6.07 Å². The fourth-order valence-electron chi connectivity index (χ4n) is 3.44. The summed E-state index contributed by atoms with van der Waals surface area (Å²) in [7, 11) is 0. The van der Waals surface area contributed by atoms with Gasteiger partial charge in [-0.3, -0.25) is 4.79 Å². The van der Waals surface area contributed by atoms with E-state index in [-0.39, 0.29) is 11.5 Å². The van der Waals surface area contributed by atoms with Crippen LogP contribution in [0.5, 0.6) is 5.75 Å². The Balaban J connectivity index is 1.76. The van der Waals surface area contributed by atoms with Crippen LogP contribution < -0.4 is 4.74 Å². The molecule has 0 N–H and O–H groups in total. The Morgan fingerprint density at radius 1 is 1.05 bits per heavy atom. The highest BCUT2D eigenvalue weighted by molar-refractivity contribution is 6.42. The average Bonchev–Trinajstić information content (AvgIpc) is 2.70. The smallest absolute Gasteiger partial charge is 0.146 e. The Hall–Kier alpha value is -0.730. The molecule has 1 aromatic carbocycles. The summed E-state index contributed by atoms with van der Waals surface area (Å²) >= 11 is 11.9. The van der Waals surface area contributed by atoms with E-state index in [4.69, 9.17) is 27.9 Å². The minimum atomic E-state index is -0.234. The molecular weight excluding hydrogens is 295 g/mol. The van der Waals surface area contributed by atoms with E-state index >= 15 is 0 Å². The molecule has 2 nitrogen and oxygen atoms in total. The third kappa shape index (κ3) is 2.44. The molecule has 0 saturated heterocycles. The number of Topliss-reactive ketones (excluding diaryl/α,β-unsaturated/α-hetero) is 1. The molecule has 4 heteroatoms. The number of halogens is 2. The van der Waals surface area contributed by atoms with Gasteiger partial charge < -0.3 is 4.74 Å². The van der Waals surface area contributed by atoms with Crippen LogP contribution >= 0.6 is 23.2 Å². The molecule has 1 unspecified atom stereocenters. The van der Waals surface area contributed by atoms with Crippen molar-refractivity contribution in [2.75, 3.05) is 0 Å². The predicted molar refractivity (Wildman–Crippen MR) is 80.6 cm³/mol. The largest absolute Gasteiger partial charge is 0.489 e. The number of ketones is 1. The Morgan fingerprint density at radius 2 is 1.75 bits per heavy atom. The van der Waals surface area contributed by atoms with Crippen molar-refractivity contribution in [1.29, 1.82) is 0 Å². The second-order valence-corrected chi connectivity index (χ2v) is 6.69. The van der Waals surface area contributed by atoms with Crippen LogP contribution in [0.2, 0.25) is 10.0 Å². The van der Waals surface area contributed by atoms with Crippen LogP contribution in [-0.2, 0) is 4.79 Å². The molecule has 2 saturated carbocycles. The SMILES string of the molecule is O=C1CC(Oc2ccc(Cl)c(Cl)c2)C12CCCCCC2. The van der Waals surface area contributed by atoms with E-state index in [0.717, 1.165) is 25.7 Å². The Bertz CT molecular complexity index is 519. The Labute approximate surface area is 129 Å². The van der Waals surface area contributed by atoms with Gasteiger partial charge in [-0.25, -0.2) is 0 Å². The van der Waals surface area contributed by atoms with Crippen molar-refractivity contribution in [1.82, 2.24) is 0 Å². The number of carbonyl (C=O) groups excluding carboxylic acids is 1. The molecular formula is C16H18Cl2O2. The first kappa shape index (κ1) is 14.2. The zero-order valence-electron chi connectivity index (χ0n) is 11.3. The van der Waals surface area contributed by atoms with Crippen molar-refractivity contribution in [2.45, 2.75) is 51.0 Å². The molecule has 3 rings (SSSR count). The van der Waals surface area contributed by atoms with E-state index in [9.17, 15) is 4.79 Å². The van der Waals surface area contributed by atoms with E-state index in [1.165, 1.54) is 12.8 Å². The summed E-state index contributed by atoms with van der Waals surface area (Å²) in [6.45, 7) is 0. The number of hydrogen-bond donors (Lipinski definition) is 0. The molecule has 2 fully saturated rings. The molecule has 0 aromatic heterocycles. The molecule has 1 aromatic rings. The number of rotatable bonds is 2. The monoisotopic (exact) mass is 312 g/mol. The minimum Gasteiger partial charge on any atom is -0.489 e. The van der Waals surface area contributed by atoms with E-state index in [0.29, 0.717) is 28.0 Å². The standard InChI is InChI=1S/C16H18Cl2O2/c17-12-6-5-11(9-13(12)18)20-15-10-14(19)16(15)7-3-1-2-4-8-16/h5-6,9,15H,1-4,7-8,10H2. The lowest BCUT2D eigenvalue weighted by atomic mass is 9.60. The molecule has 1 spiro atoms. The quantitative estimate of drug-likeness (QED) is 0.763. The van der Waals surface area contributed by atoms with Crippen molar-refractivity contribution < 1.29 is 9.53 Å². The minimum absolute atomic E-state index is 0.00495. The molecule has 20 heavy (non-hydrogen) atoms. The summed E-state index contributed by atoms with van der Waals surface area (Å²) in [5.41, 5.74) is -0.234. The summed E-state index contributed by atoms with van der Waals surface area (Å²) in [5.74, 6) is 1.09. The molecule has 0 amide bonds. The van der Waals surface area contributed by atoms with Crippen molar-refractivity contribution in [3.8, 4) is 5.75 Å². The summed E-state index contributed by atoms with van der Waals surface area (Å²) < 4.78 is 6.04. The summed E-state index contributed by atoms with van der Waals surface area (Å²) in [6, 6.07) is 5.29. The molecule has 0 bridgehead atoms. The van der Waals surface area contributed by atoms with Gasteiger partial charge in [0, 0.05) is 12.5 Å². The molecule has 1 atom stereocenters. The maximum Gasteiger partial charge on any atom is 0.146 e. The van der Waals surface area contributed by atoms with Gasteiger partial charge in [0.15, 0.2) is 0 Å². The van der Waals surface area contributed by atoms with Crippen LogP contribution in [0.15, 0.2) is 18.2 Å². The maximum atomic E-state index is 12.2. The second-order valence-electron chi connectivity index (χ2n) is 5.88. The summed E-state index contributed by atoms with van der Waals surface area (Å²) in [4.78, 5) is 12.2. The lowest BCUT2D eigenvalue weighted by molar-refractivity contribution is -0.154. The molecule has 2 aliphatic carbocycles. The first-order valence-electron chi connectivity index (χ1n) is 7.27. The van der Waals surface area contributed by atoms with Gasteiger partial charge in [0.2, 0.25) is 0 Å². The first-order valence-corrected chi connectivity index (χ1v) is 8.02. The van der Waals surface area contributed by atoms with Gasteiger partial charge in [-0.15, -0.1) is 0 Å². The zero-order chi connectivity index (χ0) is 14.2. The fourth-order valence-corrected chi connectivity index (χ4v) is 3.73. The molecule has 108 valence electrons. The first-order chi connectivity index (χ1) is 9.62. The zero-order valence-corrected chi connectivity index (χ0v) is 12.8. The molecule has 2 aliphatic rings. The molecule has 0 aliphatic heterocycles. The van der Waals surface area contributed by atoms with E-state index < -0.39 is 0 Å². The van der Waals surface area contributed by atoms with Crippen LogP contribution in [0.25, 0.3) is 0 Å². The highest BCUT2D eigenvalue weighted by atomic mass is 35.5. The van der Waals surface area contributed by atoms with Gasteiger partial charge in [-0.2, -0.15) is 0 Å². The normalized spacial score (nSPS) is 25.1. The number of ether oxygens (including phenoxy) is 1. The maximum absolute atomic E-state index is 12.2. The van der Waals surface area contributed by atoms with Crippen LogP contribution in [0.1, 0.15) is 44.9 Å². The van der Waals surface area contributed by atoms with Crippen LogP contribution in [-0.4, -0.2) is 11.9 Å². The van der Waals surface area contributed by atoms with Gasteiger partial charge in [-0.05, 0) is 25.0 Å². The van der Waals surface area contributed by atoms with Gasteiger partial charge in [0.25, 0.3) is 0 Å². The number of benzene rings is 1. The third-order valence-corrected chi connectivity index (χ3v) is 5.45. The Morgan fingerprint density at radius 3 is 2.35 bits per heavy atom. The van der Waals surface area contributed by atoms with Crippen LogP contribution in [0.4, 0.5) is 0 Å².